The minimum Gasteiger partial charge on any atom is -0.444 e. The van der Waals surface area contributed by atoms with Crippen molar-refractivity contribution in [1.29, 1.82) is 0 Å². The maximum Gasteiger partial charge on any atom is 0.208 e. The number of oxazole rings is 1. The minimum atomic E-state index is 0. The highest BCUT2D eigenvalue weighted by molar-refractivity contribution is 14.0. The van der Waals surface area contributed by atoms with Crippen molar-refractivity contribution in [1.82, 2.24) is 9.88 Å². The van der Waals surface area contributed by atoms with Crippen LogP contribution in [0.4, 0.5) is 5.69 Å². The Morgan fingerprint density at radius 1 is 1.21 bits per heavy atom. The number of aliphatic imine (C=N–C) groups is 1. The number of piperidine rings is 1. The lowest BCUT2D eigenvalue weighted by Gasteiger charge is -2.30. The molecule has 1 aromatic heterocycles. The summed E-state index contributed by atoms with van der Waals surface area (Å²) < 4.78 is 5.70. The molecule has 0 spiro atoms. The fraction of sp³-hybridized carbons (Fsp3) is 0.524. The highest BCUT2D eigenvalue weighted by Crippen LogP contribution is 2.20. The third kappa shape index (κ3) is 6.20. The third-order valence-corrected chi connectivity index (χ3v) is 5.44. The lowest BCUT2D eigenvalue weighted by atomic mass is 9.97. The number of nitrogens with two attached hydrogens (primary N) is 1. The summed E-state index contributed by atoms with van der Waals surface area (Å²) in [6.45, 7) is 11.8. The zero-order valence-electron chi connectivity index (χ0n) is 17.3. The summed E-state index contributed by atoms with van der Waals surface area (Å²) in [6.07, 6.45) is 2.25. The van der Waals surface area contributed by atoms with Crippen LogP contribution in [0.1, 0.15) is 41.3 Å². The van der Waals surface area contributed by atoms with Gasteiger partial charge in [-0.25, -0.2) is 4.98 Å². The van der Waals surface area contributed by atoms with Crippen molar-refractivity contribution in [3.63, 3.8) is 0 Å². The van der Waals surface area contributed by atoms with E-state index in [1.165, 1.54) is 11.1 Å². The van der Waals surface area contributed by atoms with Crippen LogP contribution in [0.15, 0.2) is 27.6 Å². The molecule has 0 amide bonds. The second-order valence-corrected chi connectivity index (χ2v) is 7.62. The van der Waals surface area contributed by atoms with Gasteiger partial charge < -0.3 is 15.5 Å². The van der Waals surface area contributed by atoms with Gasteiger partial charge in [-0.2, -0.15) is 0 Å². The molecule has 1 saturated heterocycles. The molecular formula is C21H32IN5O. The van der Waals surface area contributed by atoms with Gasteiger partial charge in [0.15, 0.2) is 5.96 Å². The molecule has 1 fully saturated rings. The normalized spacial score (nSPS) is 16.1. The first-order valence-corrected chi connectivity index (χ1v) is 9.70. The molecule has 0 bridgehead atoms. The highest BCUT2D eigenvalue weighted by atomic mass is 127. The maximum atomic E-state index is 6.06. The van der Waals surface area contributed by atoms with Crippen molar-refractivity contribution >= 4 is 35.6 Å². The number of hydrogen-bond donors (Lipinski definition) is 2. The molecule has 0 atom stereocenters. The number of nitrogens with one attached hydrogen (secondary N) is 1. The standard InChI is InChI=1S/C21H31N5O.HI/c1-14-5-6-19(11-15(14)2)25-21(22)23-12-18-7-9-26(10-8-18)13-20-24-16(3)17(4)27-20;/h5-6,11,18H,7-10,12-13H2,1-4H3,(H3,22,23,25);1H. The van der Waals surface area contributed by atoms with Crippen LogP contribution < -0.4 is 11.1 Å². The largest absolute Gasteiger partial charge is 0.444 e. The molecule has 3 rings (SSSR count). The molecule has 0 unspecified atom stereocenters. The number of hydrogen-bond acceptors (Lipinski definition) is 4. The Labute approximate surface area is 185 Å². The Morgan fingerprint density at radius 3 is 2.54 bits per heavy atom. The molecule has 6 nitrogen and oxygen atoms in total. The van der Waals surface area contributed by atoms with Crippen molar-refractivity contribution in [2.45, 2.75) is 47.1 Å². The van der Waals surface area contributed by atoms with Crippen LogP contribution in [-0.2, 0) is 6.54 Å². The summed E-state index contributed by atoms with van der Waals surface area (Å²) in [4.78, 5) is 11.4. The summed E-state index contributed by atoms with van der Waals surface area (Å²) in [5.41, 5.74) is 10.6. The molecular weight excluding hydrogens is 465 g/mol. The first-order valence-electron chi connectivity index (χ1n) is 9.70. The molecule has 0 saturated carbocycles. The van der Waals surface area contributed by atoms with Crippen molar-refractivity contribution in [3.8, 4) is 0 Å². The Bertz CT molecular complexity index is 790. The fourth-order valence-corrected chi connectivity index (χ4v) is 3.36. The van der Waals surface area contributed by atoms with Crippen LogP contribution in [0, 0.1) is 33.6 Å². The van der Waals surface area contributed by atoms with E-state index in [4.69, 9.17) is 10.2 Å². The number of nitrogens with zero attached hydrogens (tertiary/aromatic N) is 3. The van der Waals surface area contributed by atoms with E-state index >= 15 is 0 Å². The van der Waals surface area contributed by atoms with Gasteiger partial charge in [-0.1, -0.05) is 6.07 Å². The molecule has 3 N–H and O–H groups in total. The van der Waals surface area contributed by atoms with Crippen LogP contribution in [0.5, 0.6) is 0 Å². The zero-order valence-corrected chi connectivity index (χ0v) is 19.6. The van der Waals surface area contributed by atoms with Gasteiger partial charge in [0.2, 0.25) is 5.89 Å². The first kappa shape index (κ1) is 22.7. The maximum absolute atomic E-state index is 6.06. The van der Waals surface area contributed by atoms with Crippen LogP contribution in [0.2, 0.25) is 0 Å². The Balaban J connectivity index is 0.00000280. The lowest BCUT2D eigenvalue weighted by molar-refractivity contribution is 0.166. The van der Waals surface area contributed by atoms with Crippen LogP contribution in [-0.4, -0.2) is 35.5 Å². The van der Waals surface area contributed by atoms with E-state index in [9.17, 15) is 0 Å². The third-order valence-electron chi connectivity index (χ3n) is 5.44. The molecule has 1 aliphatic heterocycles. The van der Waals surface area contributed by atoms with Crippen LogP contribution >= 0.6 is 24.0 Å². The molecule has 154 valence electrons. The fourth-order valence-electron chi connectivity index (χ4n) is 3.36. The Kier molecular flexibility index (Phi) is 8.30. The zero-order chi connectivity index (χ0) is 19.4. The minimum absolute atomic E-state index is 0. The molecule has 1 aliphatic rings. The number of anilines is 1. The number of aromatic nitrogens is 1. The summed E-state index contributed by atoms with van der Waals surface area (Å²) in [5.74, 6) is 2.81. The van der Waals surface area contributed by atoms with Crippen molar-refractivity contribution < 1.29 is 4.42 Å². The molecule has 0 aliphatic carbocycles. The number of rotatable bonds is 5. The second-order valence-electron chi connectivity index (χ2n) is 7.62. The second kappa shape index (κ2) is 10.2. The van der Waals surface area contributed by atoms with Gasteiger partial charge in [-0.05, 0) is 82.8 Å². The molecule has 2 heterocycles. The average molecular weight is 497 g/mol. The van der Waals surface area contributed by atoms with Crippen molar-refractivity contribution in [2.24, 2.45) is 16.6 Å². The van der Waals surface area contributed by atoms with Gasteiger partial charge in [0.05, 0.1) is 12.2 Å². The van der Waals surface area contributed by atoms with Gasteiger partial charge in [0.1, 0.15) is 5.76 Å². The molecule has 2 aromatic rings. The van der Waals surface area contributed by atoms with Gasteiger partial charge in [-0.3, -0.25) is 9.89 Å². The number of guanidine groups is 1. The van der Waals surface area contributed by atoms with Crippen molar-refractivity contribution in [3.05, 3.63) is 46.7 Å². The van der Waals surface area contributed by atoms with Crippen molar-refractivity contribution in [2.75, 3.05) is 25.0 Å². The highest BCUT2D eigenvalue weighted by Gasteiger charge is 2.20. The monoisotopic (exact) mass is 497 g/mol. The number of halogens is 1. The van der Waals surface area contributed by atoms with E-state index in [2.05, 4.69) is 46.2 Å². The molecule has 7 heteroatoms. The molecule has 0 radical (unpaired) electrons. The van der Waals surface area contributed by atoms with Gasteiger partial charge in [-0.15, -0.1) is 24.0 Å². The van der Waals surface area contributed by atoms with E-state index < -0.39 is 0 Å². The number of benzene rings is 1. The lowest BCUT2D eigenvalue weighted by Crippen LogP contribution is -2.34. The average Bonchev–Trinajstić information content (AvgIpc) is 2.95. The van der Waals surface area contributed by atoms with E-state index in [0.717, 1.165) is 62.1 Å². The van der Waals surface area contributed by atoms with Gasteiger partial charge in [0.25, 0.3) is 0 Å². The SMILES string of the molecule is Cc1ccc(NC(N)=NCC2CCN(Cc3nc(C)c(C)o3)CC2)cc1C.I. The van der Waals surface area contributed by atoms with E-state index in [-0.39, 0.29) is 24.0 Å². The Hall–Kier alpha value is -1.61. The van der Waals surface area contributed by atoms with E-state index in [1.54, 1.807) is 0 Å². The predicted molar refractivity (Wildman–Crippen MR) is 125 cm³/mol. The summed E-state index contributed by atoms with van der Waals surface area (Å²) in [5, 5.41) is 3.20. The summed E-state index contributed by atoms with van der Waals surface area (Å²) >= 11 is 0. The van der Waals surface area contributed by atoms with Crippen LogP contribution in [0.25, 0.3) is 0 Å². The molecule has 28 heavy (non-hydrogen) atoms. The first-order chi connectivity index (χ1) is 12.9. The quantitative estimate of drug-likeness (QED) is 0.369. The number of aryl methyl sites for hydroxylation is 4. The van der Waals surface area contributed by atoms with Gasteiger partial charge in [0, 0.05) is 12.2 Å². The number of likely N-dealkylation sites (tertiary alicyclic amines) is 1. The summed E-state index contributed by atoms with van der Waals surface area (Å²) in [7, 11) is 0. The smallest absolute Gasteiger partial charge is 0.208 e. The Morgan fingerprint density at radius 2 is 1.93 bits per heavy atom. The summed E-state index contributed by atoms with van der Waals surface area (Å²) in [6, 6.07) is 6.23. The van der Waals surface area contributed by atoms with E-state index in [1.807, 2.05) is 19.9 Å². The topological polar surface area (TPSA) is 79.7 Å². The predicted octanol–water partition coefficient (Wildman–Crippen LogP) is 4.17. The molecule has 1 aromatic carbocycles. The van der Waals surface area contributed by atoms with Gasteiger partial charge >= 0.3 is 0 Å². The van der Waals surface area contributed by atoms with Crippen LogP contribution in [0.3, 0.4) is 0 Å². The van der Waals surface area contributed by atoms with E-state index in [0.29, 0.717) is 11.9 Å².